The van der Waals surface area contributed by atoms with Gasteiger partial charge in [0, 0.05) is 19.2 Å². The number of benzene rings is 2. The Morgan fingerprint density at radius 3 is 2.31 bits per heavy atom. The first kappa shape index (κ1) is 22.8. The summed E-state index contributed by atoms with van der Waals surface area (Å²) >= 11 is 0. The number of nitrogens with one attached hydrogen (secondary N) is 1. The fourth-order valence-electron chi connectivity index (χ4n) is 2.70. The number of amides is 1. The number of hydrogen-bond acceptors (Lipinski definition) is 4. The summed E-state index contributed by atoms with van der Waals surface area (Å²) in [7, 11) is -3.78. The van der Waals surface area contributed by atoms with Gasteiger partial charge in [-0.1, -0.05) is 13.8 Å². The van der Waals surface area contributed by atoms with Crippen LogP contribution in [-0.2, 0) is 10.0 Å². The SMILES string of the molecule is CCN(CC)S(=O)(=O)c1ccc(OC(C)C)c(NC(=O)c2ccc(F)cc2F)c1. The van der Waals surface area contributed by atoms with Gasteiger partial charge in [-0.05, 0) is 44.2 Å². The van der Waals surface area contributed by atoms with Gasteiger partial charge in [0.2, 0.25) is 10.0 Å². The van der Waals surface area contributed by atoms with Crippen LogP contribution in [0.2, 0.25) is 0 Å². The Labute approximate surface area is 169 Å². The summed E-state index contributed by atoms with van der Waals surface area (Å²) in [6.07, 6.45) is -0.251. The average Bonchev–Trinajstić information content (AvgIpc) is 2.63. The quantitative estimate of drug-likeness (QED) is 0.691. The van der Waals surface area contributed by atoms with E-state index in [1.54, 1.807) is 27.7 Å². The monoisotopic (exact) mass is 426 g/mol. The van der Waals surface area contributed by atoms with Crippen molar-refractivity contribution in [2.75, 3.05) is 18.4 Å². The topological polar surface area (TPSA) is 75.7 Å². The summed E-state index contributed by atoms with van der Waals surface area (Å²) in [4.78, 5) is 12.5. The summed E-state index contributed by atoms with van der Waals surface area (Å²) in [5, 5.41) is 2.47. The van der Waals surface area contributed by atoms with Crippen LogP contribution in [0.1, 0.15) is 38.1 Å². The molecule has 9 heteroatoms. The normalized spacial score (nSPS) is 11.7. The van der Waals surface area contributed by atoms with E-state index in [1.807, 2.05) is 0 Å². The molecule has 0 bridgehead atoms. The number of rotatable bonds is 8. The summed E-state index contributed by atoms with van der Waals surface area (Å²) in [6, 6.07) is 6.67. The van der Waals surface area contributed by atoms with Crippen LogP contribution >= 0.6 is 0 Å². The maximum Gasteiger partial charge on any atom is 0.258 e. The smallest absolute Gasteiger partial charge is 0.258 e. The number of sulfonamides is 1. The van der Waals surface area contributed by atoms with Gasteiger partial charge < -0.3 is 10.1 Å². The Balaban J connectivity index is 2.48. The molecule has 0 aliphatic rings. The van der Waals surface area contributed by atoms with Crippen molar-refractivity contribution in [3.8, 4) is 5.75 Å². The zero-order valence-corrected chi connectivity index (χ0v) is 17.5. The maximum atomic E-state index is 13.9. The van der Waals surface area contributed by atoms with Gasteiger partial charge in [0.25, 0.3) is 5.91 Å². The third-order valence-corrected chi connectivity index (χ3v) is 6.13. The molecule has 2 aromatic rings. The highest BCUT2D eigenvalue weighted by atomic mass is 32.2. The Hall–Kier alpha value is -2.52. The highest BCUT2D eigenvalue weighted by Crippen LogP contribution is 2.30. The highest BCUT2D eigenvalue weighted by molar-refractivity contribution is 7.89. The van der Waals surface area contributed by atoms with Crippen LogP contribution in [0.3, 0.4) is 0 Å². The van der Waals surface area contributed by atoms with Crippen molar-refractivity contribution >= 4 is 21.6 Å². The Morgan fingerprint density at radius 1 is 1.10 bits per heavy atom. The van der Waals surface area contributed by atoms with E-state index >= 15 is 0 Å². The molecule has 1 N–H and O–H groups in total. The zero-order valence-electron chi connectivity index (χ0n) is 16.7. The highest BCUT2D eigenvalue weighted by Gasteiger charge is 2.24. The molecule has 2 aromatic carbocycles. The molecule has 0 aliphatic carbocycles. The third-order valence-electron chi connectivity index (χ3n) is 4.08. The second-order valence-electron chi connectivity index (χ2n) is 6.49. The molecule has 0 saturated carbocycles. The van der Waals surface area contributed by atoms with E-state index in [4.69, 9.17) is 4.74 Å². The molecule has 0 saturated heterocycles. The van der Waals surface area contributed by atoms with Gasteiger partial charge in [0.15, 0.2) is 0 Å². The van der Waals surface area contributed by atoms with Crippen LogP contribution in [0.25, 0.3) is 0 Å². The van der Waals surface area contributed by atoms with E-state index in [2.05, 4.69) is 5.32 Å². The van der Waals surface area contributed by atoms with Crippen LogP contribution in [0, 0.1) is 11.6 Å². The molecule has 1 amide bonds. The Kier molecular flexibility index (Phi) is 7.32. The van der Waals surface area contributed by atoms with Crippen LogP contribution < -0.4 is 10.1 Å². The molecule has 0 radical (unpaired) electrons. The number of carbonyl (C=O) groups excluding carboxylic acids is 1. The minimum Gasteiger partial charge on any atom is -0.489 e. The lowest BCUT2D eigenvalue weighted by molar-refractivity contribution is 0.102. The van der Waals surface area contributed by atoms with Crippen molar-refractivity contribution in [1.29, 1.82) is 0 Å². The standard InChI is InChI=1S/C20H24F2N2O4S/c1-5-24(6-2)29(26,27)15-8-10-19(28-13(3)4)18(12-15)23-20(25)16-9-7-14(21)11-17(16)22/h7-13H,5-6H2,1-4H3,(H,23,25). The lowest BCUT2D eigenvalue weighted by Crippen LogP contribution is -2.30. The van der Waals surface area contributed by atoms with Gasteiger partial charge in [0.05, 0.1) is 22.3 Å². The van der Waals surface area contributed by atoms with Gasteiger partial charge in [-0.25, -0.2) is 17.2 Å². The van der Waals surface area contributed by atoms with Gasteiger partial charge in [-0.15, -0.1) is 0 Å². The first-order valence-corrected chi connectivity index (χ1v) is 10.6. The maximum absolute atomic E-state index is 13.9. The zero-order chi connectivity index (χ0) is 21.8. The van der Waals surface area contributed by atoms with Crippen LogP contribution in [0.5, 0.6) is 5.75 Å². The first-order chi connectivity index (χ1) is 13.6. The largest absolute Gasteiger partial charge is 0.489 e. The molecular formula is C20H24F2N2O4S. The van der Waals surface area contributed by atoms with E-state index in [1.165, 1.54) is 22.5 Å². The molecule has 0 unspecified atom stereocenters. The molecule has 0 aromatic heterocycles. The number of nitrogens with zero attached hydrogens (tertiary/aromatic N) is 1. The fraction of sp³-hybridized carbons (Fsp3) is 0.350. The summed E-state index contributed by atoms with van der Waals surface area (Å²) in [5.41, 5.74) is -0.306. The molecule has 0 atom stereocenters. The number of ether oxygens (including phenoxy) is 1. The second kappa shape index (κ2) is 9.32. The van der Waals surface area contributed by atoms with Gasteiger partial charge in [-0.3, -0.25) is 4.79 Å². The molecule has 0 aliphatic heterocycles. The molecule has 0 heterocycles. The van der Waals surface area contributed by atoms with Crippen LogP contribution in [0.4, 0.5) is 14.5 Å². The molecular weight excluding hydrogens is 402 g/mol. The van der Waals surface area contributed by atoms with Crippen molar-refractivity contribution in [2.45, 2.75) is 38.7 Å². The van der Waals surface area contributed by atoms with Crippen molar-refractivity contribution < 1.29 is 26.7 Å². The predicted octanol–water partition coefficient (Wildman–Crippen LogP) is 4.03. The number of carbonyl (C=O) groups is 1. The minimum absolute atomic E-state index is 0.0350. The van der Waals surface area contributed by atoms with E-state index < -0.39 is 27.6 Å². The second-order valence-corrected chi connectivity index (χ2v) is 8.43. The van der Waals surface area contributed by atoms with Crippen molar-refractivity contribution in [3.05, 3.63) is 53.6 Å². The van der Waals surface area contributed by atoms with Crippen molar-refractivity contribution in [3.63, 3.8) is 0 Å². The Bertz CT molecular complexity index is 990. The lowest BCUT2D eigenvalue weighted by atomic mass is 10.2. The molecule has 29 heavy (non-hydrogen) atoms. The van der Waals surface area contributed by atoms with E-state index in [0.717, 1.165) is 12.1 Å². The lowest BCUT2D eigenvalue weighted by Gasteiger charge is -2.20. The Morgan fingerprint density at radius 2 is 1.76 bits per heavy atom. The van der Waals surface area contributed by atoms with Crippen LogP contribution in [-0.4, -0.2) is 37.8 Å². The molecule has 0 fully saturated rings. The van der Waals surface area contributed by atoms with Gasteiger partial charge >= 0.3 is 0 Å². The van der Waals surface area contributed by atoms with E-state index in [-0.39, 0.29) is 41.1 Å². The van der Waals surface area contributed by atoms with E-state index in [9.17, 15) is 22.0 Å². The first-order valence-electron chi connectivity index (χ1n) is 9.17. The average molecular weight is 426 g/mol. The van der Waals surface area contributed by atoms with Crippen molar-refractivity contribution in [2.24, 2.45) is 0 Å². The molecule has 0 spiro atoms. The van der Waals surface area contributed by atoms with E-state index in [0.29, 0.717) is 6.07 Å². The van der Waals surface area contributed by atoms with Crippen molar-refractivity contribution in [1.82, 2.24) is 4.31 Å². The van der Waals surface area contributed by atoms with Crippen LogP contribution in [0.15, 0.2) is 41.3 Å². The third kappa shape index (κ3) is 5.30. The number of hydrogen-bond donors (Lipinski definition) is 1. The van der Waals surface area contributed by atoms with Gasteiger partial charge in [-0.2, -0.15) is 4.31 Å². The predicted molar refractivity (Wildman–Crippen MR) is 107 cm³/mol. The fourth-order valence-corrected chi connectivity index (χ4v) is 4.18. The van der Waals surface area contributed by atoms with Gasteiger partial charge in [0.1, 0.15) is 17.4 Å². The molecule has 2 rings (SSSR count). The summed E-state index contributed by atoms with van der Waals surface area (Å²) in [6.45, 7) is 7.54. The number of anilines is 1. The summed E-state index contributed by atoms with van der Waals surface area (Å²) < 4.78 is 59.6. The minimum atomic E-state index is -3.78. The summed E-state index contributed by atoms with van der Waals surface area (Å²) in [5.74, 6) is -2.46. The number of halogens is 2. The molecule has 158 valence electrons. The molecule has 6 nitrogen and oxygen atoms in total.